The van der Waals surface area contributed by atoms with Gasteiger partial charge in [0.25, 0.3) is 11.8 Å². The van der Waals surface area contributed by atoms with Gasteiger partial charge in [-0.1, -0.05) is 36.4 Å². The van der Waals surface area contributed by atoms with Gasteiger partial charge in [-0.25, -0.2) is 4.79 Å². The third-order valence-corrected chi connectivity index (χ3v) is 11.5. The van der Waals surface area contributed by atoms with E-state index in [2.05, 4.69) is 26.9 Å². The van der Waals surface area contributed by atoms with Gasteiger partial charge in [-0.3, -0.25) is 14.5 Å². The van der Waals surface area contributed by atoms with E-state index in [0.29, 0.717) is 33.8 Å². The maximum atomic E-state index is 13.9. The van der Waals surface area contributed by atoms with Crippen molar-refractivity contribution in [2.75, 3.05) is 30.8 Å². The summed E-state index contributed by atoms with van der Waals surface area (Å²) in [6.45, 7) is 3.00. The highest BCUT2D eigenvalue weighted by Crippen LogP contribution is 2.39. The van der Waals surface area contributed by atoms with E-state index in [1.807, 2.05) is 54.6 Å². The lowest BCUT2D eigenvalue weighted by Crippen LogP contribution is -2.43. The van der Waals surface area contributed by atoms with Crippen molar-refractivity contribution < 1.29 is 19.1 Å². The maximum absolute atomic E-state index is 13.9. The van der Waals surface area contributed by atoms with E-state index in [4.69, 9.17) is 4.74 Å². The minimum Gasteiger partial charge on any atom is -0.465 e. The molecule has 1 saturated carbocycles. The minimum absolute atomic E-state index is 0.177. The molecule has 4 aromatic rings. The molecule has 260 valence electrons. The molecule has 1 aliphatic heterocycles. The number of benzene rings is 3. The lowest BCUT2D eigenvalue weighted by atomic mass is 9.95. The first-order chi connectivity index (χ1) is 24.4. The fraction of sp³-hybridized carbons (Fsp3) is 0.390. The molecule has 3 aliphatic rings. The first-order valence-electron chi connectivity index (χ1n) is 18.0. The molecule has 8 nitrogen and oxygen atoms in total. The van der Waals surface area contributed by atoms with Gasteiger partial charge in [0.05, 0.1) is 18.2 Å². The first-order valence-corrected chi connectivity index (χ1v) is 18.9. The number of rotatable bonds is 12. The maximum Gasteiger partial charge on any atom is 0.337 e. The third-order valence-electron chi connectivity index (χ3n) is 10.3. The standard InChI is InChI=1S/C41H46N4O4S/c1-49-41(48)30-15-11-27(12-16-30)9-10-28-13-17-32(18-14-28)43-39(47)37-35-7-2-3-8-36(35)50-40(37)44-38(46)31-6-4-5-29(25-31)26-45(33-19-20-33)34-21-23-42-24-22-34/h4-6,11-18,25,33-34,42H,2-3,7-10,19-24,26H2,1H3,(H,43,47)(H,44,46). The van der Waals surface area contributed by atoms with Crippen molar-refractivity contribution in [3.05, 3.63) is 117 Å². The van der Waals surface area contributed by atoms with Crippen LogP contribution in [-0.2, 0) is 37.0 Å². The van der Waals surface area contributed by atoms with E-state index in [0.717, 1.165) is 86.1 Å². The van der Waals surface area contributed by atoms with Crippen LogP contribution in [0.2, 0.25) is 0 Å². The van der Waals surface area contributed by atoms with Crippen LogP contribution >= 0.6 is 11.3 Å². The van der Waals surface area contributed by atoms with Gasteiger partial charge in [-0.05, 0) is 136 Å². The van der Waals surface area contributed by atoms with Crippen molar-refractivity contribution in [2.24, 2.45) is 0 Å². The summed E-state index contributed by atoms with van der Waals surface area (Å²) in [7, 11) is 1.38. The predicted molar refractivity (Wildman–Crippen MR) is 199 cm³/mol. The number of anilines is 2. The van der Waals surface area contributed by atoms with E-state index in [1.165, 1.54) is 37.7 Å². The van der Waals surface area contributed by atoms with Crippen LogP contribution in [0.15, 0.2) is 72.8 Å². The fourth-order valence-corrected chi connectivity index (χ4v) is 8.64. The summed E-state index contributed by atoms with van der Waals surface area (Å²) in [5.74, 6) is -0.701. The number of aryl methyl sites for hydroxylation is 3. The molecule has 2 fully saturated rings. The number of carbonyl (C=O) groups excluding carboxylic acids is 3. The van der Waals surface area contributed by atoms with Crippen LogP contribution in [0.5, 0.6) is 0 Å². The summed E-state index contributed by atoms with van der Waals surface area (Å²) in [4.78, 5) is 43.2. The average Bonchev–Trinajstić information content (AvgIpc) is 3.94. The third kappa shape index (κ3) is 8.18. The van der Waals surface area contributed by atoms with Crippen LogP contribution in [0, 0.1) is 0 Å². The van der Waals surface area contributed by atoms with Crippen LogP contribution in [0.4, 0.5) is 10.7 Å². The molecule has 50 heavy (non-hydrogen) atoms. The molecule has 0 atom stereocenters. The predicted octanol–water partition coefficient (Wildman–Crippen LogP) is 7.42. The van der Waals surface area contributed by atoms with Gasteiger partial charge >= 0.3 is 5.97 Å². The van der Waals surface area contributed by atoms with Crippen molar-refractivity contribution in [2.45, 2.75) is 82.8 Å². The molecular formula is C41H46N4O4S. The zero-order chi connectivity index (χ0) is 34.5. The molecule has 2 heterocycles. The topological polar surface area (TPSA) is 99.8 Å². The first kappa shape index (κ1) is 34.2. The van der Waals surface area contributed by atoms with Gasteiger partial charge in [0, 0.05) is 34.8 Å². The molecule has 0 radical (unpaired) electrons. The second-order valence-corrected chi connectivity index (χ2v) is 14.9. The number of nitrogens with zero attached hydrogens (tertiary/aromatic N) is 1. The Morgan fingerprint density at radius 3 is 2.16 bits per heavy atom. The van der Waals surface area contributed by atoms with E-state index in [-0.39, 0.29) is 17.8 Å². The van der Waals surface area contributed by atoms with Gasteiger partial charge in [0.15, 0.2) is 0 Å². The zero-order valence-electron chi connectivity index (χ0n) is 28.8. The van der Waals surface area contributed by atoms with E-state index < -0.39 is 0 Å². The second-order valence-electron chi connectivity index (χ2n) is 13.8. The zero-order valence-corrected chi connectivity index (χ0v) is 29.6. The van der Waals surface area contributed by atoms with Crippen LogP contribution in [0.1, 0.15) is 96.7 Å². The average molecular weight is 691 g/mol. The molecule has 7 rings (SSSR count). The van der Waals surface area contributed by atoms with Gasteiger partial charge in [-0.15, -0.1) is 11.3 Å². The molecule has 2 aliphatic carbocycles. The van der Waals surface area contributed by atoms with E-state index >= 15 is 0 Å². The molecule has 1 saturated heterocycles. The van der Waals surface area contributed by atoms with Crippen LogP contribution in [-0.4, -0.2) is 55.0 Å². The van der Waals surface area contributed by atoms with Crippen molar-refractivity contribution in [1.29, 1.82) is 0 Å². The highest BCUT2D eigenvalue weighted by atomic mass is 32.1. The SMILES string of the molecule is COC(=O)c1ccc(CCc2ccc(NC(=O)c3c(NC(=O)c4cccc(CN(C5CCNCC5)C5CC5)c4)sc4c3CCCC4)cc2)cc1. The van der Waals surface area contributed by atoms with Gasteiger partial charge < -0.3 is 20.7 Å². The lowest BCUT2D eigenvalue weighted by molar-refractivity contribution is 0.0600. The summed E-state index contributed by atoms with van der Waals surface area (Å²) in [6, 6.07) is 24.7. The number of hydrogen-bond donors (Lipinski definition) is 3. The summed E-state index contributed by atoms with van der Waals surface area (Å²) < 4.78 is 4.79. The molecular weight excluding hydrogens is 645 g/mol. The Hall–Kier alpha value is -4.31. The lowest BCUT2D eigenvalue weighted by Gasteiger charge is -2.35. The molecule has 9 heteroatoms. The molecule has 3 aromatic carbocycles. The van der Waals surface area contributed by atoms with Gasteiger partial charge in [0.1, 0.15) is 5.00 Å². The Balaban J connectivity index is 1.01. The normalized spacial score (nSPS) is 16.1. The molecule has 0 spiro atoms. The number of nitrogens with one attached hydrogen (secondary N) is 3. The number of hydrogen-bond acceptors (Lipinski definition) is 7. The minimum atomic E-state index is -0.338. The Morgan fingerprint density at radius 2 is 1.46 bits per heavy atom. The molecule has 1 aromatic heterocycles. The molecule has 3 N–H and O–H groups in total. The quantitative estimate of drug-likeness (QED) is 0.134. The van der Waals surface area contributed by atoms with Gasteiger partial charge in [0.2, 0.25) is 0 Å². The van der Waals surface area contributed by atoms with E-state index in [9.17, 15) is 14.4 Å². The van der Waals surface area contributed by atoms with Crippen LogP contribution in [0.25, 0.3) is 0 Å². The summed E-state index contributed by atoms with van der Waals surface area (Å²) in [5.41, 5.74) is 6.99. The van der Waals surface area contributed by atoms with Crippen LogP contribution in [0.3, 0.4) is 0 Å². The largest absolute Gasteiger partial charge is 0.465 e. The summed E-state index contributed by atoms with van der Waals surface area (Å²) >= 11 is 1.55. The number of piperidine rings is 1. The van der Waals surface area contributed by atoms with Crippen molar-refractivity contribution in [3.63, 3.8) is 0 Å². The Bertz CT molecular complexity index is 1820. The fourth-order valence-electron chi connectivity index (χ4n) is 7.35. The Labute approximate surface area is 298 Å². The number of thiophene rings is 1. The number of carbonyl (C=O) groups is 3. The second kappa shape index (κ2) is 15.7. The van der Waals surface area contributed by atoms with Crippen molar-refractivity contribution in [3.8, 4) is 0 Å². The Morgan fingerprint density at radius 1 is 0.780 bits per heavy atom. The molecule has 0 bridgehead atoms. The highest BCUT2D eigenvalue weighted by molar-refractivity contribution is 7.17. The highest BCUT2D eigenvalue weighted by Gasteiger charge is 2.34. The van der Waals surface area contributed by atoms with Gasteiger partial charge in [-0.2, -0.15) is 0 Å². The molecule has 2 amide bonds. The number of esters is 1. The number of fused-ring (bicyclic) bond motifs is 1. The molecule has 0 unspecified atom stereocenters. The summed E-state index contributed by atoms with van der Waals surface area (Å²) in [5, 5.41) is 10.4. The number of methoxy groups -OCH3 is 1. The summed E-state index contributed by atoms with van der Waals surface area (Å²) in [6.07, 6.45) is 10.4. The Kier molecular flexibility index (Phi) is 10.7. The smallest absolute Gasteiger partial charge is 0.337 e. The number of ether oxygens (including phenoxy) is 1. The van der Waals surface area contributed by atoms with Crippen LogP contribution < -0.4 is 16.0 Å². The van der Waals surface area contributed by atoms with Crippen molar-refractivity contribution in [1.82, 2.24) is 10.2 Å². The monoisotopic (exact) mass is 690 g/mol. The number of amides is 2. The van der Waals surface area contributed by atoms with E-state index in [1.54, 1.807) is 23.5 Å². The van der Waals surface area contributed by atoms with Crippen molar-refractivity contribution >= 4 is 39.8 Å².